The average Bonchev–Trinajstić information content (AvgIpc) is 3.09. The maximum absolute atomic E-state index is 6.78. The van der Waals surface area contributed by atoms with Gasteiger partial charge in [-0.15, -0.1) is 0 Å². The van der Waals surface area contributed by atoms with Crippen LogP contribution in [-0.4, -0.2) is 29.6 Å². The molecule has 1 saturated heterocycles. The van der Waals surface area contributed by atoms with Crippen LogP contribution in [0.15, 0.2) is 18.2 Å². The van der Waals surface area contributed by atoms with Gasteiger partial charge in [-0.05, 0) is 64.6 Å². The molecule has 1 aliphatic carbocycles. The molecule has 116 valence electrons. The lowest BCUT2D eigenvalue weighted by Crippen LogP contribution is -2.58. The number of nitrogens with zero attached hydrogens (tertiary/aromatic N) is 1. The standard InChI is InChI=1S/C19H30N2/c1-15-11-16(2)13-17(12-15)14-18(20)19(7-3-4-8-19)21-9-5-6-10-21/h11-13,18H,3-10,14,20H2,1-2H3. The molecule has 1 unspecified atom stereocenters. The van der Waals surface area contributed by atoms with E-state index in [-0.39, 0.29) is 11.6 Å². The number of hydrogen-bond acceptors (Lipinski definition) is 2. The van der Waals surface area contributed by atoms with Crippen LogP contribution in [0.4, 0.5) is 0 Å². The monoisotopic (exact) mass is 286 g/mol. The summed E-state index contributed by atoms with van der Waals surface area (Å²) in [5, 5.41) is 0. The molecule has 2 nitrogen and oxygen atoms in total. The molecule has 1 aromatic carbocycles. The molecular weight excluding hydrogens is 256 g/mol. The van der Waals surface area contributed by atoms with Crippen LogP contribution in [0.2, 0.25) is 0 Å². The molecule has 0 bridgehead atoms. The lowest BCUT2D eigenvalue weighted by Gasteiger charge is -2.43. The summed E-state index contributed by atoms with van der Waals surface area (Å²) < 4.78 is 0. The quantitative estimate of drug-likeness (QED) is 0.916. The molecule has 2 N–H and O–H groups in total. The lowest BCUT2D eigenvalue weighted by molar-refractivity contribution is 0.0921. The Kier molecular flexibility index (Phi) is 4.37. The van der Waals surface area contributed by atoms with Crippen LogP contribution in [0.25, 0.3) is 0 Å². The first-order valence-corrected chi connectivity index (χ1v) is 8.68. The van der Waals surface area contributed by atoms with Gasteiger partial charge in [0.2, 0.25) is 0 Å². The second-order valence-electron chi connectivity index (χ2n) is 7.31. The second kappa shape index (κ2) is 6.10. The predicted octanol–water partition coefficient (Wildman–Crippen LogP) is 3.58. The highest BCUT2D eigenvalue weighted by Gasteiger charge is 2.44. The fourth-order valence-corrected chi connectivity index (χ4v) is 4.70. The normalized spacial score (nSPS) is 23.6. The highest BCUT2D eigenvalue weighted by molar-refractivity contribution is 5.29. The van der Waals surface area contributed by atoms with Crippen LogP contribution in [0, 0.1) is 13.8 Å². The van der Waals surface area contributed by atoms with E-state index in [4.69, 9.17) is 5.73 Å². The third kappa shape index (κ3) is 3.02. The molecule has 1 saturated carbocycles. The van der Waals surface area contributed by atoms with Crippen molar-refractivity contribution < 1.29 is 0 Å². The van der Waals surface area contributed by atoms with E-state index < -0.39 is 0 Å². The van der Waals surface area contributed by atoms with Crippen LogP contribution in [0.5, 0.6) is 0 Å². The summed E-state index contributed by atoms with van der Waals surface area (Å²) in [6, 6.07) is 7.17. The van der Waals surface area contributed by atoms with Crippen LogP contribution >= 0.6 is 0 Å². The third-order valence-corrected chi connectivity index (χ3v) is 5.63. The fourth-order valence-electron chi connectivity index (χ4n) is 4.70. The van der Waals surface area contributed by atoms with Crippen molar-refractivity contribution in [1.29, 1.82) is 0 Å². The minimum absolute atomic E-state index is 0.277. The molecular formula is C19H30N2. The highest BCUT2D eigenvalue weighted by atomic mass is 15.2. The first-order valence-electron chi connectivity index (χ1n) is 8.68. The maximum atomic E-state index is 6.78. The summed E-state index contributed by atoms with van der Waals surface area (Å²) in [5.41, 5.74) is 11.2. The van der Waals surface area contributed by atoms with Crippen molar-refractivity contribution in [3.05, 3.63) is 34.9 Å². The van der Waals surface area contributed by atoms with E-state index in [0.29, 0.717) is 0 Å². The van der Waals surface area contributed by atoms with E-state index in [1.807, 2.05) is 0 Å². The van der Waals surface area contributed by atoms with E-state index in [2.05, 4.69) is 36.9 Å². The van der Waals surface area contributed by atoms with Gasteiger partial charge in [0.15, 0.2) is 0 Å². The highest BCUT2D eigenvalue weighted by Crippen LogP contribution is 2.40. The Balaban J connectivity index is 1.79. The zero-order chi connectivity index (χ0) is 14.9. The molecule has 1 atom stereocenters. The Morgan fingerprint density at radius 2 is 1.57 bits per heavy atom. The van der Waals surface area contributed by atoms with Crippen LogP contribution < -0.4 is 5.73 Å². The summed E-state index contributed by atoms with van der Waals surface area (Å²) in [7, 11) is 0. The Hall–Kier alpha value is -0.860. The molecule has 2 fully saturated rings. The second-order valence-corrected chi connectivity index (χ2v) is 7.31. The maximum Gasteiger partial charge on any atom is 0.0363 e. The first kappa shape index (κ1) is 15.1. The number of nitrogens with two attached hydrogens (primary N) is 1. The molecule has 2 aliphatic rings. The van der Waals surface area contributed by atoms with Gasteiger partial charge in [-0.1, -0.05) is 42.2 Å². The number of aryl methyl sites for hydroxylation is 2. The van der Waals surface area contributed by atoms with Crippen LogP contribution in [0.3, 0.4) is 0 Å². The molecule has 0 radical (unpaired) electrons. The van der Waals surface area contributed by atoms with Crippen molar-refractivity contribution in [2.24, 2.45) is 5.73 Å². The average molecular weight is 286 g/mol. The van der Waals surface area contributed by atoms with Gasteiger partial charge < -0.3 is 5.73 Å². The van der Waals surface area contributed by atoms with Gasteiger partial charge in [-0.2, -0.15) is 0 Å². The molecule has 0 aromatic heterocycles. The van der Waals surface area contributed by atoms with Crippen LogP contribution in [-0.2, 0) is 6.42 Å². The first-order chi connectivity index (χ1) is 10.1. The minimum atomic E-state index is 0.277. The summed E-state index contributed by atoms with van der Waals surface area (Å²) in [5.74, 6) is 0. The molecule has 0 amide bonds. The Morgan fingerprint density at radius 1 is 1.00 bits per heavy atom. The van der Waals surface area contributed by atoms with Crippen molar-refractivity contribution in [2.75, 3.05) is 13.1 Å². The lowest BCUT2D eigenvalue weighted by atomic mass is 9.83. The van der Waals surface area contributed by atoms with Gasteiger partial charge in [0.05, 0.1) is 0 Å². The molecule has 3 rings (SSSR count). The fraction of sp³-hybridized carbons (Fsp3) is 0.684. The number of likely N-dealkylation sites (tertiary alicyclic amines) is 1. The van der Waals surface area contributed by atoms with Gasteiger partial charge in [0, 0.05) is 11.6 Å². The summed E-state index contributed by atoms with van der Waals surface area (Å²) in [6.07, 6.45) is 9.07. The van der Waals surface area contributed by atoms with E-state index in [1.165, 1.54) is 68.3 Å². The number of benzene rings is 1. The van der Waals surface area contributed by atoms with Gasteiger partial charge >= 0.3 is 0 Å². The molecule has 21 heavy (non-hydrogen) atoms. The zero-order valence-corrected chi connectivity index (χ0v) is 13.7. The molecule has 0 spiro atoms. The van der Waals surface area contributed by atoms with E-state index in [1.54, 1.807) is 0 Å². The topological polar surface area (TPSA) is 29.3 Å². The largest absolute Gasteiger partial charge is 0.326 e. The predicted molar refractivity (Wildman–Crippen MR) is 89.6 cm³/mol. The smallest absolute Gasteiger partial charge is 0.0363 e. The Labute approximate surface area is 129 Å². The van der Waals surface area contributed by atoms with E-state index in [9.17, 15) is 0 Å². The van der Waals surface area contributed by atoms with Crippen molar-refractivity contribution in [3.8, 4) is 0 Å². The number of hydrogen-bond donors (Lipinski definition) is 1. The van der Waals surface area contributed by atoms with Crippen molar-refractivity contribution >= 4 is 0 Å². The molecule has 2 heteroatoms. The van der Waals surface area contributed by atoms with Crippen molar-refractivity contribution in [2.45, 2.75) is 70.4 Å². The molecule has 1 aromatic rings. The summed E-state index contributed by atoms with van der Waals surface area (Å²) in [6.45, 7) is 6.91. The van der Waals surface area contributed by atoms with E-state index in [0.717, 1.165) is 6.42 Å². The number of rotatable bonds is 4. The molecule has 1 heterocycles. The Morgan fingerprint density at radius 3 is 2.14 bits per heavy atom. The van der Waals surface area contributed by atoms with Crippen LogP contribution in [0.1, 0.15) is 55.2 Å². The van der Waals surface area contributed by atoms with Gasteiger partial charge in [-0.3, -0.25) is 4.90 Å². The minimum Gasteiger partial charge on any atom is -0.326 e. The van der Waals surface area contributed by atoms with Gasteiger partial charge in [0.1, 0.15) is 0 Å². The van der Waals surface area contributed by atoms with Gasteiger partial charge in [-0.25, -0.2) is 0 Å². The Bertz CT molecular complexity index is 462. The van der Waals surface area contributed by atoms with Gasteiger partial charge in [0.25, 0.3) is 0 Å². The van der Waals surface area contributed by atoms with Crippen molar-refractivity contribution in [1.82, 2.24) is 4.90 Å². The summed E-state index contributed by atoms with van der Waals surface area (Å²) >= 11 is 0. The van der Waals surface area contributed by atoms with E-state index >= 15 is 0 Å². The summed E-state index contributed by atoms with van der Waals surface area (Å²) in [4.78, 5) is 2.73. The molecule has 1 aliphatic heterocycles. The zero-order valence-electron chi connectivity index (χ0n) is 13.7. The third-order valence-electron chi connectivity index (χ3n) is 5.63. The van der Waals surface area contributed by atoms with Crippen molar-refractivity contribution in [3.63, 3.8) is 0 Å². The SMILES string of the molecule is Cc1cc(C)cc(CC(N)C2(N3CCCC3)CCCC2)c1.